The van der Waals surface area contributed by atoms with Crippen LogP contribution in [-0.2, 0) is 0 Å². The normalized spacial score (nSPS) is 14.6. The molecule has 4 rings (SSSR count). The van der Waals surface area contributed by atoms with Crippen molar-refractivity contribution in [2.45, 2.75) is 0 Å². The van der Waals surface area contributed by atoms with Gasteiger partial charge in [-0.3, -0.25) is 0 Å². The average molecular weight is 274 g/mol. The number of rotatable bonds is 1. The first-order chi connectivity index (χ1) is 9.72. The molecule has 2 aliphatic rings. The predicted molar refractivity (Wildman–Crippen MR) is 67.5 cm³/mol. The van der Waals surface area contributed by atoms with Crippen LogP contribution in [0.1, 0.15) is 0 Å². The van der Waals surface area contributed by atoms with Crippen molar-refractivity contribution < 1.29 is 29.2 Å². The summed E-state index contributed by atoms with van der Waals surface area (Å²) in [4.78, 5) is 0. The third kappa shape index (κ3) is 1.51. The number of phenolic OH excluding ortho intramolecular Hbond substituents is 2. The molecule has 0 fully saturated rings. The number of phenols is 2. The molecule has 0 saturated carbocycles. The van der Waals surface area contributed by atoms with Crippen LogP contribution in [0.4, 0.5) is 0 Å². The van der Waals surface area contributed by atoms with E-state index in [9.17, 15) is 10.2 Å². The maximum Gasteiger partial charge on any atom is 0.231 e. The molecule has 0 atom stereocenters. The zero-order valence-corrected chi connectivity index (χ0v) is 10.3. The van der Waals surface area contributed by atoms with Gasteiger partial charge in [-0.1, -0.05) is 0 Å². The van der Waals surface area contributed by atoms with E-state index < -0.39 is 0 Å². The second-order valence-electron chi connectivity index (χ2n) is 4.45. The molecule has 6 nitrogen and oxygen atoms in total. The van der Waals surface area contributed by atoms with Crippen molar-refractivity contribution >= 4 is 0 Å². The molecule has 2 aromatic carbocycles. The molecule has 0 unspecified atom stereocenters. The van der Waals surface area contributed by atoms with E-state index >= 15 is 0 Å². The van der Waals surface area contributed by atoms with Crippen LogP contribution in [0.25, 0.3) is 11.1 Å². The standard InChI is InChI=1S/C14H10O6/c15-9-3-13-11(17-5-19-13)1-7(9)8-2-12-14(4-10(8)16)20-6-18-12/h1-4,15-16H,5-6H2. The summed E-state index contributed by atoms with van der Waals surface area (Å²) in [5.41, 5.74) is 0.870. The molecular formula is C14H10O6. The Balaban J connectivity index is 1.89. The SMILES string of the molecule is Oc1cc2c(cc1-c1cc3c(cc1O)OCO3)OCO2. The van der Waals surface area contributed by atoms with Gasteiger partial charge in [0.05, 0.1) is 0 Å². The highest BCUT2D eigenvalue weighted by atomic mass is 16.7. The number of hydrogen-bond donors (Lipinski definition) is 2. The summed E-state index contributed by atoms with van der Waals surface area (Å²) in [6, 6.07) is 6.16. The molecule has 102 valence electrons. The van der Waals surface area contributed by atoms with Crippen molar-refractivity contribution in [1.29, 1.82) is 0 Å². The van der Waals surface area contributed by atoms with Crippen molar-refractivity contribution in [2.24, 2.45) is 0 Å². The molecule has 0 saturated heterocycles. The van der Waals surface area contributed by atoms with Crippen molar-refractivity contribution in [3.8, 4) is 45.6 Å². The highest BCUT2D eigenvalue weighted by molar-refractivity contribution is 5.80. The van der Waals surface area contributed by atoms with E-state index in [1.165, 1.54) is 12.1 Å². The average Bonchev–Trinajstić information content (AvgIpc) is 3.04. The van der Waals surface area contributed by atoms with E-state index in [0.717, 1.165) is 0 Å². The first-order valence-electron chi connectivity index (χ1n) is 5.98. The smallest absolute Gasteiger partial charge is 0.231 e. The molecule has 2 N–H and O–H groups in total. The van der Waals surface area contributed by atoms with Crippen LogP contribution >= 0.6 is 0 Å². The van der Waals surface area contributed by atoms with Crippen molar-refractivity contribution in [2.75, 3.05) is 13.6 Å². The lowest BCUT2D eigenvalue weighted by Crippen LogP contribution is -1.92. The summed E-state index contributed by atoms with van der Waals surface area (Å²) >= 11 is 0. The zero-order valence-electron chi connectivity index (χ0n) is 10.3. The van der Waals surface area contributed by atoms with Crippen LogP contribution in [0.5, 0.6) is 34.5 Å². The molecule has 0 bridgehead atoms. The van der Waals surface area contributed by atoms with Gasteiger partial charge in [0.2, 0.25) is 13.6 Å². The Labute approximate surface area is 113 Å². The lowest BCUT2D eigenvalue weighted by molar-refractivity contribution is 0.173. The van der Waals surface area contributed by atoms with Gasteiger partial charge < -0.3 is 29.2 Å². The Bertz CT molecular complexity index is 648. The molecule has 2 aromatic rings. The van der Waals surface area contributed by atoms with Gasteiger partial charge in [0, 0.05) is 23.3 Å². The summed E-state index contributed by atoms with van der Waals surface area (Å²) < 4.78 is 20.9. The lowest BCUT2D eigenvalue weighted by atomic mass is 10.0. The first kappa shape index (κ1) is 11.1. The zero-order chi connectivity index (χ0) is 13.7. The number of ether oxygens (including phenoxy) is 4. The second-order valence-corrected chi connectivity index (χ2v) is 4.45. The minimum atomic E-state index is -0.0107. The van der Waals surface area contributed by atoms with Crippen molar-refractivity contribution in [3.63, 3.8) is 0 Å². The minimum absolute atomic E-state index is 0.0107. The van der Waals surface area contributed by atoms with Gasteiger partial charge in [0.15, 0.2) is 23.0 Å². The van der Waals surface area contributed by atoms with Crippen LogP contribution in [0.15, 0.2) is 24.3 Å². The molecule has 20 heavy (non-hydrogen) atoms. The van der Waals surface area contributed by atoms with Crippen LogP contribution in [0.3, 0.4) is 0 Å². The van der Waals surface area contributed by atoms with Gasteiger partial charge in [-0.2, -0.15) is 0 Å². The Hall–Kier alpha value is -2.76. The Morgan fingerprint density at radius 2 is 0.950 bits per heavy atom. The highest BCUT2D eigenvalue weighted by Crippen LogP contribution is 2.47. The van der Waals surface area contributed by atoms with Crippen LogP contribution < -0.4 is 18.9 Å². The number of hydrogen-bond acceptors (Lipinski definition) is 6. The van der Waals surface area contributed by atoms with Gasteiger partial charge in [-0.05, 0) is 12.1 Å². The quantitative estimate of drug-likeness (QED) is 0.830. The molecule has 0 amide bonds. The molecule has 0 spiro atoms. The number of benzene rings is 2. The molecule has 2 aliphatic heterocycles. The second kappa shape index (κ2) is 3.86. The summed E-state index contributed by atoms with van der Waals surface area (Å²) in [7, 11) is 0. The fourth-order valence-corrected chi connectivity index (χ4v) is 2.29. The van der Waals surface area contributed by atoms with E-state index in [1.807, 2.05) is 0 Å². The molecule has 0 aliphatic carbocycles. The topological polar surface area (TPSA) is 77.4 Å². The minimum Gasteiger partial charge on any atom is -0.507 e. The highest BCUT2D eigenvalue weighted by Gasteiger charge is 2.22. The molecule has 0 radical (unpaired) electrons. The summed E-state index contributed by atoms with van der Waals surface area (Å²) in [6.45, 7) is 0.233. The van der Waals surface area contributed by atoms with Gasteiger partial charge in [0.1, 0.15) is 11.5 Å². The molecule has 2 heterocycles. The first-order valence-corrected chi connectivity index (χ1v) is 5.98. The maximum atomic E-state index is 10.1. The van der Waals surface area contributed by atoms with Gasteiger partial charge in [-0.15, -0.1) is 0 Å². The van der Waals surface area contributed by atoms with Gasteiger partial charge in [0.25, 0.3) is 0 Å². The van der Waals surface area contributed by atoms with Crippen molar-refractivity contribution in [1.82, 2.24) is 0 Å². The third-order valence-corrected chi connectivity index (χ3v) is 3.27. The van der Waals surface area contributed by atoms with Gasteiger partial charge >= 0.3 is 0 Å². The van der Waals surface area contributed by atoms with Crippen LogP contribution in [0.2, 0.25) is 0 Å². The maximum absolute atomic E-state index is 10.1. The predicted octanol–water partition coefficient (Wildman–Crippen LogP) is 2.22. The van der Waals surface area contributed by atoms with E-state index in [1.54, 1.807) is 12.1 Å². The van der Waals surface area contributed by atoms with E-state index in [4.69, 9.17) is 18.9 Å². The van der Waals surface area contributed by atoms with Crippen LogP contribution in [-0.4, -0.2) is 23.8 Å². The monoisotopic (exact) mass is 274 g/mol. The van der Waals surface area contributed by atoms with E-state index in [0.29, 0.717) is 34.1 Å². The van der Waals surface area contributed by atoms with E-state index in [-0.39, 0.29) is 25.1 Å². The molecule has 6 heteroatoms. The van der Waals surface area contributed by atoms with Gasteiger partial charge in [-0.25, -0.2) is 0 Å². The summed E-state index contributed by atoms with van der Waals surface area (Å²) in [5.74, 6) is 1.98. The number of aromatic hydroxyl groups is 2. The molecule has 0 aromatic heterocycles. The Kier molecular flexibility index (Phi) is 2.14. The third-order valence-electron chi connectivity index (χ3n) is 3.27. The summed E-state index contributed by atoms with van der Waals surface area (Å²) in [5, 5.41) is 20.2. The number of fused-ring (bicyclic) bond motifs is 2. The summed E-state index contributed by atoms with van der Waals surface area (Å²) in [6.07, 6.45) is 0. The van der Waals surface area contributed by atoms with Crippen LogP contribution in [0, 0.1) is 0 Å². The fourth-order valence-electron chi connectivity index (χ4n) is 2.29. The Morgan fingerprint density at radius 1 is 0.600 bits per heavy atom. The largest absolute Gasteiger partial charge is 0.507 e. The fraction of sp³-hybridized carbons (Fsp3) is 0.143. The molecular weight excluding hydrogens is 264 g/mol. The van der Waals surface area contributed by atoms with Crippen molar-refractivity contribution in [3.05, 3.63) is 24.3 Å². The van der Waals surface area contributed by atoms with E-state index in [2.05, 4.69) is 0 Å². The Morgan fingerprint density at radius 3 is 1.35 bits per heavy atom. The lowest BCUT2D eigenvalue weighted by Gasteiger charge is -2.09.